The molecule has 0 spiro atoms. The Morgan fingerprint density at radius 2 is 2.21 bits per heavy atom. The lowest BCUT2D eigenvalue weighted by Crippen LogP contribution is -2.47. The molecule has 3 nitrogen and oxygen atoms in total. The van der Waals surface area contributed by atoms with E-state index in [4.69, 9.17) is 10.5 Å². The smallest absolute Gasteiger partial charge is 0.0624 e. The van der Waals surface area contributed by atoms with Gasteiger partial charge in [0, 0.05) is 24.0 Å². The largest absolute Gasteiger partial charge is 0.379 e. The maximum absolute atomic E-state index is 6.09. The van der Waals surface area contributed by atoms with E-state index in [0.29, 0.717) is 0 Å². The van der Waals surface area contributed by atoms with E-state index >= 15 is 0 Å². The van der Waals surface area contributed by atoms with Gasteiger partial charge in [-0.2, -0.15) is 0 Å². The van der Waals surface area contributed by atoms with Crippen molar-refractivity contribution in [3.05, 3.63) is 0 Å². The zero-order valence-electron chi connectivity index (χ0n) is 9.33. The fourth-order valence-corrected chi connectivity index (χ4v) is 2.29. The van der Waals surface area contributed by atoms with Crippen molar-refractivity contribution in [3.8, 4) is 0 Å². The van der Waals surface area contributed by atoms with E-state index in [1.165, 1.54) is 12.8 Å². The van der Waals surface area contributed by atoms with Crippen LogP contribution in [-0.2, 0) is 4.74 Å². The summed E-state index contributed by atoms with van der Waals surface area (Å²) >= 11 is 0. The zero-order chi connectivity index (χ0) is 10.2. The van der Waals surface area contributed by atoms with Gasteiger partial charge in [-0.1, -0.05) is 13.8 Å². The molecule has 0 aromatic rings. The summed E-state index contributed by atoms with van der Waals surface area (Å²) in [7, 11) is 0. The third-order valence-corrected chi connectivity index (χ3v) is 3.66. The van der Waals surface area contributed by atoms with Gasteiger partial charge in [0.1, 0.15) is 0 Å². The molecule has 0 bridgehead atoms. The number of nitrogens with two attached hydrogens (primary N) is 1. The molecular formula is C11H22N2O. The summed E-state index contributed by atoms with van der Waals surface area (Å²) in [5.41, 5.74) is 6.26. The van der Waals surface area contributed by atoms with E-state index < -0.39 is 0 Å². The molecule has 2 aliphatic rings. The molecule has 2 rings (SSSR count). The Morgan fingerprint density at radius 1 is 1.50 bits per heavy atom. The average Bonchev–Trinajstić information content (AvgIpc) is 2.93. The van der Waals surface area contributed by atoms with Crippen molar-refractivity contribution in [2.75, 3.05) is 26.3 Å². The molecule has 0 aromatic heterocycles. The first-order valence-corrected chi connectivity index (χ1v) is 5.73. The number of hydrogen-bond acceptors (Lipinski definition) is 3. The van der Waals surface area contributed by atoms with E-state index in [-0.39, 0.29) is 11.5 Å². The van der Waals surface area contributed by atoms with Gasteiger partial charge in [-0.15, -0.1) is 0 Å². The molecule has 2 fully saturated rings. The van der Waals surface area contributed by atoms with Gasteiger partial charge in [-0.3, -0.25) is 4.90 Å². The summed E-state index contributed by atoms with van der Waals surface area (Å²) in [6.45, 7) is 8.32. The van der Waals surface area contributed by atoms with E-state index in [0.717, 1.165) is 32.3 Å². The predicted molar refractivity (Wildman–Crippen MR) is 57.2 cm³/mol. The topological polar surface area (TPSA) is 38.5 Å². The van der Waals surface area contributed by atoms with Crippen LogP contribution < -0.4 is 5.73 Å². The molecule has 1 saturated carbocycles. The molecule has 0 amide bonds. The Morgan fingerprint density at radius 3 is 2.64 bits per heavy atom. The van der Waals surface area contributed by atoms with E-state index in [9.17, 15) is 0 Å². The normalized spacial score (nSPS) is 38.1. The first kappa shape index (κ1) is 10.4. The second-order valence-electron chi connectivity index (χ2n) is 5.07. The van der Waals surface area contributed by atoms with Gasteiger partial charge >= 0.3 is 0 Å². The number of nitrogens with zero attached hydrogens (tertiary/aromatic N) is 1. The summed E-state index contributed by atoms with van der Waals surface area (Å²) in [5, 5.41) is 0. The fraction of sp³-hybridized carbons (Fsp3) is 1.00. The Kier molecular flexibility index (Phi) is 2.82. The third-order valence-electron chi connectivity index (χ3n) is 3.66. The molecule has 0 aromatic carbocycles. The summed E-state index contributed by atoms with van der Waals surface area (Å²) in [6.07, 6.45) is 2.75. The van der Waals surface area contributed by atoms with Gasteiger partial charge in [0.2, 0.25) is 0 Å². The van der Waals surface area contributed by atoms with Gasteiger partial charge < -0.3 is 10.5 Å². The van der Waals surface area contributed by atoms with Crippen LogP contribution in [0.25, 0.3) is 0 Å². The second-order valence-corrected chi connectivity index (χ2v) is 5.07. The lowest BCUT2D eigenvalue weighted by Gasteiger charge is -2.33. The van der Waals surface area contributed by atoms with Gasteiger partial charge in [0.15, 0.2) is 0 Å². The summed E-state index contributed by atoms with van der Waals surface area (Å²) in [6, 6.07) is 1.06. The van der Waals surface area contributed by atoms with Crippen LogP contribution in [0.3, 0.4) is 0 Å². The van der Waals surface area contributed by atoms with E-state index in [1.54, 1.807) is 0 Å². The number of hydrogen-bond donors (Lipinski definition) is 1. The van der Waals surface area contributed by atoms with Crippen molar-refractivity contribution < 1.29 is 4.74 Å². The zero-order valence-corrected chi connectivity index (χ0v) is 9.33. The van der Waals surface area contributed by atoms with Crippen molar-refractivity contribution in [1.82, 2.24) is 4.90 Å². The Balaban J connectivity index is 1.93. The molecule has 1 aliphatic heterocycles. The fourth-order valence-electron chi connectivity index (χ4n) is 2.29. The average molecular weight is 198 g/mol. The lowest BCUT2D eigenvalue weighted by atomic mass is 9.85. The highest BCUT2D eigenvalue weighted by atomic mass is 16.5. The van der Waals surface area contributed by atoms with Crippen molar-refractivity contribution >= 4 is 0 Å². The van der Waals surface area contributed by atoms with Gasteiger partial charge in [0.05, 0.1) is 13.2 Å². The van der Waals surface area contributed by atoms with Crippen molar-refractivity contribution in [2.24, 2.45) is 11.1 Å². The Labute approximate surface area is 86.6 Å². The number of ether oxygens (including phenoxy) is 1. The van der Waals surface area contributed by atoms with Crippen LogP contribution in [0.5, 0.6) is 0 Å². The summed E-state index contributed by atoms with van der Waals surface area (Å²) in [4.78, 5) is 2.56. The van der Waals surface area contributed by atoms with Crippen LogP contribution in [0, 0.1) is 5.41 Å². The van der Waals surface area contributed by atoms with E-state index in [2.05, 4.69) is 18.7 Å². The summed E-state index contributed by atoms with van der Waals surface area (Å²) < 4.78 is 5.47. The van der Waals surface area contributed by atoms with Crippen molar-refractivity contribution in [2.45, 2.75) is 38.8 Å². The van der Waals surface area contributed by atoms with Crippen LogP contribution in [0.2, 0.25) is 0 Å². The van der Waals surface area contributed by atoms with Crippen LogP contribution in [0.4, 0.5) is 0 Å². The van der Waals surface area contributed by atoms with E-state index in [1.807, 2.05) is 0 Å². The van der Waals surface area contributed by atoms with Gasteiger partial charge in [-0.25, -0.2) is 0 Å². The monoisotopic (exact) mass is 198 g/mol. The molecule has 0 radical (unpaired) electrons. The first-order valence-electron chi connectivity index (χ1n) is 5.73. The highest BCUT2D eigenvalue weighted by molar-refractivity contribution is 4.95. The predicted octanol–water partition coefficient (Wildman–Crippen LogP) is 0.834. The van der Waals surface area contributed by atoms with Crippen LogP contribution in [0.15, 0.2) is 0 Å². The minimum atomic E-state index is 0.179. The highest BCUT2D eigenvalue weighted by Gasteiger charge is 2.41. The van der Waals surface area contributed by atoms with Gasteiger partial charge in [-0.05, 0) is 19.4 Å². The maximum Gasteiger partial charge on any atom is 0.0624 e. The van der Waals surface area contributed by atoms with Crippen molar-refractivity contribution in [1.29, 1.82) is 0 Å². The van der Waals surface area contributed by atoms with Gasteiger partial charge in [0.25, 0.3) is 0 Å². The number of rotatable bonds is 4. The SMILES string of the molecule is CCN(CC1(C)COCC1N)C1CC1. The highest BCUT2D eigenvalue weighted by Crippen LogP contribution is 2.33. The molecule has 82 valence electrons. The quantitative estimate of drug-likeness (QED) is 0.727. The summed E-state index contributed by atoms with van der Waals surface area (Å²) in [5.74, 6) is 0. The standard InChI is InChI=1S/C11H22N2O/c1-3-13(9-4-5-9)7-11(2)8-14-6-10(11)12/h9-10H,3-8,12H2,1-2H3. The molecule has 1 heterocycles. The van der Waals surface area contributed by atoms with Crippen LogP contribution in [-0.4, -0.2) is 43.3 Å². The molecule has 1 saturated heterocycles. The molecule has 1 aliphatic carbocycles. The lowest BCUT2D eigenvalue weighted by molar-refractivity contribution is 0.118. The minimum Gasteiger partial charge on any atom is -0.379 e. The van der Waals surface area contributed by atoms with Crippen molar-refractivity contribution in [3.63, 3.8) is 0 Å². The minimum absolute atomic E-state index is 0.179. The second kappa shape index (κ2) is 3.80. The Bertz CT molecular complexity index is 205. The molecular weight excluding hydrogens is 176 g/mol. The molecule has 2 N–H and O–H groups in total. The van der Waals surface area contributed by atoms with Crippen LogP contribution >= 0.6 is 0 Å². The molecule has 14 heavy (non-hydrogen) atoms. The third kappa shape index (κ3) is 1.95. The Hall–Kier alpha value is -0.120. The maximum atomic E-state index is 6.09. The molecule has 2 unspecified atom stereocenters. The molecule has 2 atom stereocenters. The van der Waals surface area contributed by atoms with Crippen LogP contribution in [0.1, 0.15) is 26.7 Å². The first-order chi connectivity index (χ1) is 6.65. The molecule has 3 heteroatoms.